The van der Waals surface area contributed by atoms with Crippen LogP contribution in [0.15, 0.2) is 78.9 Å². The molecule has 1 aliphatic rings. The fraction of sp³-hybridized carbons (Fsp3) is 0.231. The van der Waals surface area contributed by atoms with Crippen LogP contribution in [0.25, 0.3) is 11.1 Å². The summed E-state index contributed by atoms with van der Waals surface area (Å²) in [6.45, 7) is 1.00. The molecule has 2 amide bonds. The van der Waals surface area contributed by atoms with Crippen LogP contribution in [0.5, 0.6) is 5.75 Å². The molecule has 0 spiro atoms. The minimum absolute atomic E-state index is 0.0269. The molecule has 0 radical (unpaired) electrons. The average Bonchev–Trinajstić information content (AvgIpc) is 2.82. The summed E-state index contributed by atoms with van der Waals surface area (Å²) < 4.78 is 6.01. The van der Waals surface area contributed by atoms with E-state index in [0.29, 0.717) is 42.9 Å². The van der Waals surface area contributed by atoms with Crippen molar-refractivity contribution >= 4 is 17.5 Å². The second-order valence-electron chi connectivity index (χ2n) is 8.00. The van der Waals surface area contributed by atoms with E-state index >= 15 is 0 Å². The topological polar surface area (TPSA) is 98.7 Å². The summed E-state index contributed by atoms with van der Waals surface area (Å²) in [5.41, 5.74) is 14.9. The molecule has 32 heavy (non-hydrogen) atoms. The van der Waals surface area contributed by atoms with Crippen LogP contribution in [0.2, 0.25) is 0 Å². The van der Waals surface area contributed by atoms with Crippen molar-refractivity contribution in [2.75, 3.05) is 18.8 Å². The number of piperidine rings is 1. The molecule has 0 aromatic heterocycles. The molecule has 6 nitrogen and oxygen atoms in total. The number of hydrogen-bond acceptors (Lipinski definition) is 4. The Hall–Kier alpha value is -3.80. The van der Waals surface area contributed by atoms with Gasteiger partial charge in [-0.15, -0.1) is 0 Å². The van der Waals surface area contributed by atoms with E-state index in [2.05, 4.69) is 0 Å². The Labute approximate surface area is 187 Å². The molecule has 3 aromatic carbocycles. The number of benzene rings is 3. The van der Waals surface area contributed by atoms with E-state index in [1.807, 2.05) is 72.8 Å². The van der Waals surface area contributed by atoms with E-state index < -0.39 is 11.8 Å². The van der Waals surface area contributed by atoms with E-state index in [1.54, 1.807) is 11.0 Å². The molecule has 1 atom stereocenters. The Kier molecular flexibility index (Phi) is 6.40. The Morgan fingerprint density at radius 2 is 1.44 bits per heavy atom. The molecule has 1 saturated heterocycles. The molecule has 1 fully saturated rings. The van der Waals surface area contributed by atoms with E-state index in [0.717, 1.165) is 11.1 Å². The lowest BCUT2D eigenvalue weighted by molar-refractivity contribution is -0.138. The third-order valence-electron chi connectivity index (χ3n) is 5.85. The van der Waals surface area contributed by atoms with Crippen molar-refractivity contribution in [3.63, 3.8) is 0 Å². The maximum atomic E-state index is 13.2. The minimum atomic E-state index is -0.998. The van der Waals surface area contributed by atoms with Gasteiger partial charge in [0.2, 0.25) is 11.8 Å². The van der Waals surface area contributed by atoms with E-state index in [-0.39, 0.29) is 12.0 Å². The van der Waals surface area contributed by atoms with Gasteiger partial charge in [-0.1, -0.05) is 66.7 Å². The van der Waals surface area contributed by atoms with Gasteiger partial charge in [0.1, 0.15) is 17.8 Å². The van der Waals surface area contributed by atoms with Crippen LogP contribution in [0.1, 0.15) is 24.3 Å². The molecule has 0 bridgehead atoms. The molecule has 164 valence electrons. The number of para-hydroxylation sites is 2. The normalized spacial score (nSPS) is 15.2. The molecule has 4 N–H and O–H groups in total. The van der Waals surface area contributed by atoms with Crippen LogP contribution < -0.4 is 16.2 Å². The first-order valence-electron chi connectivity index (χ1n) is 10.8. The highest BCUT2D eigenvalue weighted by Gasteiger charge is 2.33. The number of amides is 2. The fourth-order valence-corrected chi connectivity index (χ4v) is 4.07. The van der Waals surface area contributed by atoms with Gasteiger partial charge in [-0.05, 0) is 28.8 Å². The van der Waals surface area contributed by atoms with Crippen molar-refractivity contribution in [2.45, 2.75) is 24.9 Å². The number of carbonyl (C=O) groups excluding carboxylic acids is 2. The maximum Gasteiger partial charge on any atom is 0.239 e. The SMILES string of the molecule is NC(=O)C(C(=O)N1CCC(Oc2ccccc2N)CC1)c1ccc(-c2ccccc2)cc1. The molecule has 1 aliphatic heterocycles. The largest absolute Gasteiger partial charge is 0.488 e. The Balaban J connectivity index is 1.42. The van der Waals surface area contributed by atoms with Crippen LogP contribution in [-0.4, -0.2) is 35.9 Å². The summed E-state index contributed by atoms with van der Waals surface area (Å²) in [4.78, 5) is 27.1. The highest BCUT2D eigenvalue weighted by Crippen LogP contribution is 2.27. The molecule has 1 heterocycles. The van der Waals surface area contributed by atoms with Gasteiger partial charge in [-0.2, -0.15) is 0 Å². The second kappa shape index (κ2) is 9.56. The van der Waals surface area contributed by atoms with Gasteiger partial charge in [-0.3, -0.25) is 9.59 Å². The lowest BCUT2D eigenvalue weighted by Crippen LogP contribution is -2.46. The summed E-state index contributed by atoms with van der Waals surface area (Å²) >= 11 is 0. The molecular weight excluding hydrogens is 402 g/mol. The average molecular weight is 430 g/mol. The van der Waals surface area contributed by atoms with Gasteiger partial charge >= 0.3 is 0 Å². The van der Waals surface area contributed by atoms with Gasteiger partial charge in [0.15, 0.2) is 0 Å². The number of likely N-dealkylation sites (tertiary alicyclic amines) is 1. The highest BCUT2D eigenvalue weighted by molar-refractivity contribution is 6.05. The lowest BCUT2D eigenvalue weighted by atomic mass is 9.93. The number of nitrogen functional groups attached to an aromatic ring is 1. The molecule has 6 heteroatoms. The van der Waals surface area contributed by atoms with Gasteiger partial charge in [0, 0.05) is 25.9 Å². The van der Waals surface area contributed by atoms with Gasteiger partial charge < -0.3 is 21.1 Å². The number of nitrogens with two attached hydrogens (primary N) is 2. The zero-order valence-corrected chi connectivity index (χ0v) is 17.8. The van der Waals surface area contributed by atoms with E-state index in [9.17, 15) is 9.59 Å². The first kappa shape index (κ1) is 21.4. The van der Waals surface area contributed by atoms with Crippen LogP contribution in [0.4, 0.5) is 5.69 Å². The van der Waals surface area contributed by atoms with Crippen molar-refractivity contribution in [3.8, 4) is 16.9 Å². The zero-order valence-electron chi connectivity index (χ0n) is 17.8. The van der Waals surface area contributed by atoms with Gasteiger partial charge in [-0.25, -0.2) is 0 Å². The van der Waals surface area contributed by atoms with E-state index in [4.69, 9.17) is 16.2 Å². The predicted molar refractivity (Wildman–Crippen MR) is 125 cm³/mol. The fourth-order valence-electron chi connectivity index (χ4n) is 4.07. The number of hydrogen-bond donors (Lipinski definition) is 2. The second-order valence-corrected chi connectivity index (χ2v) is 8.00. The third-order valence-corrected chi connectivity index (χ3v) is 5.85. The molecule has 1 unspecified atom stereocenters. The number of anilines is 1. The lowest BCUT2D eigenvalue weighted by Gasteiger charge is -2.34. The van der Waals surface area contributed by atoms with Crippen LogP contribution >= 0.6 is 0 Å². The van der Waals surface area contributed by atoms with Crippen LogP contribution in [0, 0.1) is 0 Å². The Bertz CT molecular complexity index is 1070. The smallest absolute Gasteiger partial charge is 0.239 e. The number of rotatable bonds is 6. The Morgan fingerprint density at radius 1 is 0.844 bits per heavy atom. The first-order chi connectivity index (χ1) is 15.5. The number of carbonyl (C=O) groups is 2. The number of nitrogens with zero attached hydrogens (tertiary/aromatic N) is 1. The van der Waals surface area contributed by atoms with Gasteiger partial charge in [0.05, 0.1) is 5.69 Å². The highest BCUT2D eigenvalue weighted by atomic mass is 16.5. The summed E-state index contributed by atoms with van der Waals surface area (Å²) in [5.74, 6) is -1.24. The number of ether oxygens (including phenoxy) is 1. The molecular formula is C26H27N3O3. The monoisotopic (exact) mass is 429 g/mol. The summed E-state index contributed by atoms with van der Waals surface area (Å²) in [6.07, 6.45) is 1.30. The first-order valence-corrected chi connectivity index (χ1v) is 10.8. The van der Waals surface area contributed by atoms with Crippen LogP contribution in [0.3, 0.4) is 0 Å². The Morgan fingerprint density at radius 3 is 2.06 bits per heavy atom. The minimum Gasteiger partial charge on any atom is -0.488 e. The standard InChI is InChI=1S/C26H27N3O3/c27-22-8-4-5-9-23(22)32-21-14-16-29(17-15-21)26(31)24(25(28)30)20-12-10-19(11-13-20)18-6-2-1-3-7-18/h1-13,21,24H,14-17,27H2,(H2,28,30). The molecule has 3 aromatic rings. The van der Waals surface area contributed by atoms with E-state index in [1.165, 1.54) is 0 Å². The molecule has 0 aliphatic carbocycles. The predicted octanol–water partition coefficient (Wildman–Crippen LogP) is 3.57. The van der Waals surface area contributed by atoms with Crippen LogP contribution in [-0.2, 0) is 9.59 Å². The number of primary amides is 1. The van der Waals surface area contributed by atoms with Gasteiger partial charge in [0.25, 0.3) is 0 Å². The van der Waals surface area contributed by atoms with Crippen molar-refractivity contribution in [1.82, 2.24) is 4.90 Å². The molecule has 0 saturated carbocycles. The summed E-state index contributed by atoms with van der Waals surface area (Å²) in [5, 5.41) is 0. The summed E-state index contributed by atoms with van der Waals surface area (Å²) in [7, 11) is 0. The third kappa shape index (κ3) is 4.75. The van der Waals surface area contributed by atoms with Crippen molar-refractivity contribution < 1.29 is 14.3 Å². The quantitative estimate of drug-likeness (QED) is 0.462. The zero-order chi connectivity index (χ0) is 22.5. The molecule has 4 rings (SSSR count). The van der Waals surface area contributed by atoms with Crippen molar-refractivity contribution in [2.24, 2.45) is 5.73 Å². The maximum absolute atomic E-state index is 13.2. The van der Waals surface area contributed by atoms with Crippen molar-refractivity contribution in [1.29, 1.82) is 0 Å². The summed E-state index contributed by atoms with van der Waals surface area (Å²) in [6, 6.07) is 24.8. The van der Waals surface area contributed by atoms with Crippen molar-refractivity contribution in [3.05, 3.63) is 84.4 Å².